The van der Waals surface area contributed by atoms with E-state index in [0.29, 0.717) is 35.5 Å². The highest BCUT2D eigenvalue weighted by atomic mass is 19.1. The van der Waals surface area contributed by atoms with Crippen molar-refractivity contribution in [2.24, 2.45) is 5.73 Å². The number of hydrogen-bond acceptors (Lipinski definition) is 6. The van der Waals surface area contributed by atoms with E-state index in [1.165, 1.54) is 10.7 Å². The van der Waals surface area contributed by atoms with Crippen LogP contribution in [-0.2, 0) is 0 Å². The number of benzene rings is 2. The number of nitrogens with zero attached hydrogens (tertiary/aromatic N) is 3. The van der Waals surface area contributed by atoms with Crippen molar-refractivity contribution in [1.82, 2.24) is 15.1 Å². The number of primary amides is 1. The van der Waals surface area contributed by atoms with Gasteiger partial charge in [0, 0.05) is 32.2 Å². The lowest BCUT2D eigenvalue weighted by atomic mass is 10.1. The summed E-state index contributed by atoms with van der Waals surface area (Å²) in [4.78, 5) is 14.4. The summed E-state index contributed by atoms with van der Waals surface area (Å²) in [5.41, 5.74) is 7.18. The van der Waals surface area contributed by atoms with Gasteiger partial charge in [0.2, 0.25) is 0 Å². The van der Waals surface area contributed by atoms with E-state index < -0.39 is 17.5 Å². The van der Waals surface area contributed by atoms with Gasteiger partial charge in [-0.2, -0.15) is 0 Å². The van der Waals surface area contributed by atoms with Crippen molar-refractivity contribution >= 4 is 17.4 Å². The number of nitrogens with one attached hydrogen (secondary N) is 2. The van der Waals surface area contributed by atoms with Crippen molar-refractivity contribution in [3.63, 3.8) is 0 Å². The zero-order chi connectivity index (χ0) is 21.5. The molecule has 0 radical (unpaired) electrons. The molecule has 2 aliphatic heterocycles. The number of carbonyl (C=O) groups excluding carboxylic acids is 1. The SMILES string of the molecule is NC(=O)c1c2c(nn1-c1ccc(Oc3ccc(F)cc3F)cc1)N(C1CNC1)CCN2. The Labute approximate surface area is 176 Å². The summed E-state index contributed by atoms with van der Waals surface area (Å²) in [5.74, 6) is -1.11. The number of rotatable bonds is 5. The number of halogens is 2. The van der Waals surface area contributed by atoms with Crippen LogP contribution in [0.1, 0.15) is 10.5 Å². The molecule has 4 N–H and O–H groups in total. The van der Waals surface area contributed by atoms with Crippen molar-refractivity contribution in [3.8, 4) is 17.2 Å². The van der Waals surface area contributed by atoms with E-state index in [0.717, 1.165) is 31.8 Å². The van der Waals surface area contributed by atoms with Gasteiger partial charge in [-0.25, -0.2) is 13.5 Å². The van der Waals surface area contributed by atoms with Crippen molar-refractivity contribution in [3.05, 3.63) is 59.8 Å². The minimum atomic E-state index is -0.795. The molecular formula is C21H20F2N6O2. The molecule has 160 valence electrons. The summed E-state index contributed by atoms with van der Waals surface area (Å²) >= 11 is 0. The molecule has 1 fully saturated rings. The number of hydrogen-bond donors (Lipinski definition) is 3. The first-order valence-electron chi connectivity index (χ1n) is 9.88. The quantitative estimate of drug-likeness (QED) is 0.579. The summed E-state index contributed by atoms with van der Waals surface area (Å²) in [6.45, 7) is 3.20. The molecule has 3 aromatic rings. The first-order valence-corrected chi connectivity index (χ1v) is 9.88. The highest BCUT2D eigenvalue weighted by molar-refractivity contribution is 6.00. The van der Waals surface area contributed by atoms with E-state index in [1.807, 2.05) is 0 Å². The maximum atomic E-state index is 13.8. The van der Waals surface area contributed by atoms with E-state index in [-0.39, 0.29) is 11.4 Å². The molecule has 0 unspecified atom stereocenters. The molecule has 31 heavy (non-hydrogen) atoms. The monoisotopic (exact) mass is 426 g/mol. The summed E-state index contributed by atoms with van der Waals surface area (Å²) in [7, 11) is 0. The fraction of sp³-hybridized carbons (Fsp3) is 0.238. The van der Waals surface area contributed by atoms with Gasteiger partial charge in [0.1, 0.15) is 17.3 Å². The maximum absolute atomic E-state index is 13.8. The largest absolute Gasteiger partial charge is 0.454 e. The van der Waals surface area contributed by atoms with Gasteiger partial charge in [-0.3, -0.25) is 4.79 Å². The van der Waals surface area contributed by atoms with Gasteiger partial charge < -0.3 is 26.0 Å². The van der Waals surface area contributed by atoms with Crippen molar-refractivity contribution in [2.45, 2.75) is 6.04 Å². The molecule has 0 aliphatic carbocycles. The van der Waals surface area contributed by atoms with Crippen LogP contribution in [0.15, 0.2) is 42.5 Å². The Kier molecular flexibility index (Phi) is 4.70. The van der Waals surface area contributed by atoms with Gasteiger partial charge >= 0.3 is 0 Å². The molecular weight excluding hydrogens is 406 g/mol. The standard InChI is InChI=1S/C21H20F2N6O2/c22-12-1-6-17(16(23)9-12)31-15-4-2-13(3-5-15)29-19(20(24)30)18-21(27-29)28(8-7-26-18)14-10-25-11-14/h1-6,9,14,25-26H,7-8,10-11H2,(H2,24,30). The van der Waals surface area contributed by atoms with Crippen LogP contribution in [0.5, 0.6) is 11.5 Å². The van der Waals surface area contributed by atoms with Crippen molar-refractivity contribution in [2.75, 3.05) is 36.4 Å². The Balaban J connectivity index is 1.47. The number of amides is 1. The molecule has 1 aromatic heterocycles. The van der Waals surface area contributed by atoms with Crippen LogP contribution < -0.4 is 26.0 Å². The van der Waals surface area contributed by atoms with Gasteiger partial charge in [-0.05, 0) is 36.4 Å². The van der Waals surface area contributed by atoms with Crippen LogP contribution in [0, 0.1) is 11.6 Å². The second-order valence-electron chi connectivity index (χ2n) is 7.43. The van der Waals surface area contributed by atoms with Crippen LogP contribution >= 0.6 is 0 Å². The topological polar surface area (TPSA) is 97.4 Å². The Morgan fingerprint density at radius 3 is 2.58 bits per heavy atom. The van der Waals surface area contributed by atoms with E-state index in [9.17, 15) is 13.6 Å². The normalized spacial score (nSPS) is 15.7. The lowest BCUT2D eigenvalue weighted by Gasteiger charge is -2.40. The number of fused-ring (bicyclic) bond motifs is 1. The summed E-state index contributed by atoms with van der Waals surface area (Å²) in [5, 5.41) is 11.2. The molecule has 0 spiro atoms. The summed E-state index contributed by atoms with van der Waals surface area (Å²) in [6.07, 6.45) is 0. The molecule has 10 heteroatoms. The smallest absolute Gasteiger partial charge is 0.269 e. The second kappa shape index (κ2) is 7.55. The number of carbonyl (C=O) groups is 1. The zero-order valence-corrected chi connectivity index (χ0v) is 16.4. The number of nitrogens with two attached hydrogens (primary N) is 1. The first kappa shape index (κ1) is 19.3. The molecule has 0 atom stereocenters. The van der Waals surface area contributed by atoms with Crippen molar-refractivity contribution in [1.29, 1.82) is 0 Å². The maximum Gasteiger partial charge on any atom is 0.269 e. The highest BCUT2D eigenvalue weighted by Gasteiger charge is 2.34. The fourth-order valence-corrected chi connectivity index (χ4v) is 3.78. The molecule has 1 amide bonds. The van der Waals surface area contributed by atoms with Crippen LogP contribution in [0.2, 0.25) is 0 Å². The minimum Gasteiger partial charge on any atom is -0.454 e. The highest BCUT2D eigenvalue weighted by Crippen LogP contribution is 2.35. The molecule has 1 saturated heterocycles. The Hall–Kier alpha value is -3.66. The van der Waals surface area contributed by atoms with Crippen molar-refractivity contribution < 1.29 is 18.3 Å². The lowest BCUT2D eigenvalue weighted by Crippen LogP contribution is -2.59. The van der Waals surface area contributed by atoms with Gasteiger partial charge in [0.15, 0.2) is 23.1 Å². The van der Waals surface area contributed by atoms with Crippen LogP contribution in [0.25, 0.3) is 5.69 Å². The van der Waals surface area contributed by atoms with Gasteiger partial charge in [-0.1, -0.05) is 0 Å². The van der Waals surface area contributed by atoms with E-state index in [4.69, 9.17) is 10.5 Å². The Morgan fingerprint density at radius 1 is 1.16 bits per heavy atom. The Bertz CT molecular complexity index is 1140. The molecule has 3 heterocycles. The predicted molar refractivity (Wildman–Crippen MR) is 111 cm³/mol. The van der Waals surface area contributed by atoms with E-state index >= 15 is 0 Å². The van der Waals surface area contributed by atoms with Crippen LogP contribution in [-0.4, -0.2) is 47.9 Å². The van der Waals surface area contributed by atoms with E-state index in [1.54, 1.807) is 24.3 Å². The molecule has 2 aromatic carbocycles. The number of ether oxygens (including phenoxy) is 1. The van der Waals surface area contributed by atoms with E-state index in [2.05, 4.69) is 20.6 Å². The van der Waals surface area contributed by atoms with Gasteiger partial charge in [0.25, 0.3) is 5.91 Å². The predicted octanol–water partition coefficient (Wildman–Crippen LogP) is 2.25. The van der Waals surface area contributed by atoms with Gasteiger partial charge in [0.05, 0.1) is 11.7 Å². The summed E-state index contributed by atoms with van der Waals surface area (Å²) in [6, 6.07) is 10.0. The lowest BCUT2D eigenvalue weighted by molar-refractivity contribution is 0.0993. The molecule has 2 aliphatic rings. The average molecular weight is 426 g/mol. The second-order valence-corrected chi connectivity index (χ2v) is 7.43. The number of anilines is 2. The van der Waals surface area contributed by atoms with Crippen LogP contribution in [0.3, 0.4) is 0 Å². The molecule has 8 nitrogen and oxygen atoms in total. The van der Waals surface area contributed by atoms with Crippen LogP contribution in [0.4, 0.5) is 20.3 Å². The molecule has 5 rings (SSSR count). The third-order valence-electron chi connectivity index (χ3n) is 5.43. The average Bonchev–Trinajstić information content (AvgIpc) is 3.10. The molecule has 0 saturated carbocycles. The molecule has 0 bridgehead atoms. The third kappa shape index (κ3) is 3.44. The minimum absolute atomic E-state index is 0.0875. The fourth-order valence-electron chi connectivity index (χ4n) is 3.78. The number of aromatic nitrogens is 2. The van der Waals surface area contributed by atoms with Gasteiger partial charge in [-0.15, -0.1) is 5.10 Å². The first-order chi connectivity index (χ1) is 15.0. The zero-order valence-electron chi connectivity index (χ0n) is 16.4. The summed E-state index contributed by atoms with van der Waals surface area (Å²) < 4.78 is 33.9. The third-order valence-corrected chi connectivity index (χ3v) is 5.43. The Morgan fingerprint density at radius 2 is 1.94 bits per heavy atom.